The molecule has 0 saturated carbocycles. The van der Waals surface area contributed by atoms with Crippen LogP contribution in [0.25, 0.3) is 0 Å². The lowest BCUT2D eigenvalue weighted by atomic mass is 10.1. The molecule has 4 nitrogen and oxygen atoms in total. The van der Waals surface area contributed by atoms with Crippen molar-refractivity contribution in [2.45, 2.75) is 25.9 Å². The van der Waals surface area contributed by atoms with Crippen molar-refractivity contribution in [3.05, 3.63) is 45.3 Å². The van der Waals surface area contributed by atoms with Crippen LogP contribution in [0.15, 0.2) is 23.6 Å². The lowest BCUT2D eigenvalue weighted by Gasteiger charge is -2.11. The Bertz CT molecular complexity index is 607. The standard InChI is InChI=1S/C14H15N3OS/c15-13(16)11-7-9-3-1-5-12(9)17-14(11)18-8-10-4-2-6-19-10/h2,4,6-7H,1,3,5,8H2,(H3,15,16). The summed E-state index contributed by atoms with van der Waals surface area (Å²) in [6, 6.07) is 5.97. The maximum atomic E-state index is 7.65. The van der Waals surface area contributed by atoms with Crippen LogP contribution >= 0.6 is 11.3 Å². The number of nitrogens with zero attached hydrogens (tertiary/aromatic N) is 1. The highest BCUT2D eigenvalue weighted by Crippen LogP contribution is 2.27. The van der Waals surface area contributed by atoms with Crippen molar-refractivity contribution in [3.8, 4) is 5.88 Å². The maximum absolute atomic E-state index is 7.65. The molecule has 1 aliphatic carbocycles. The Morgan fingerprint density at radius 1 is 1.47 bits per heavy atom. The second-order valence-corrected chi connectivity index (χ2v) is 5.61. The van der Waals surface area contributed by atoms with Crippen molar-refractivity contribution in [1.29, 1.82) is 5.41 Å². The third kappa shape index (κ3) is 2.46. The second kappa shape index (κ2) is 5.01. The van der Waals surface area contributed by atoms with E-state index in [9.17, 15) is 0 Å². The molecule has 0 radical (unpaired) electrons. The van der Waals surface area contributed by atoms with E-state index in [1.807, 2.05) is 23.6 Å². The van der Waals surface area contributed by atoms with E-state index in [2.05, 4.69) is 4.98 Å². The summed E-state index contributed by atoms with van der Waals surface area (Å²) in [7, 11) is 0. The Morgan fingerprint density at radius 3 is 3.11 bits per heavy atom. The molecular formula is C14H15N3OS. The molecule has 3 rings (SSSR count). The van der Waals surface area contributed by atoms with Gasteiger partial charge >= 0.3 is 0 Å². The number of nitrogens with two attached hydrogens (primary N) is 1. The third-order valence-corrected chi connectivity index (χ3v) is 4.09. The number of hydrogen-bond acceptors (Lipinski definition) is 4. The van der Waals surface area contributed by atoms with Crippen LogP contribution in [0.2, 0.25) is 0 Å². The molecule has 19 heavy (non-hydrogen) atoms. The van der Waals surface area contributed by atoms with E-state index < -0.39 is 0 Å². The van der Waals surface area contributed by atoms with E-state index in [0.717, 1.165) is 29.8 Å². The molecule has 2 aromatic rings. The predicted octanol–water partition coefficient (Wildman–Crippen LogP) is 2.49. The number of nitrogens with one attached hydrogen (secondary N) is 1. The van der Waals surface area contributed by atoms with Gasteiger partial charge < -0.3 is 10.5 Å². The summed E-state index contributed by atoms with van der Waals surface area (Å²) in [5.41, 5.74) is 8.52. The molecule has 2 aromatic heterocycles. The summed E-state index contributed by atoms with van der Waals surface area (Å²) in [4.78, 5) is 5.67. The van der Waals surface area contributed by atoms with Crippen LogP contribution in [0.4, 0.5) is 0 Å². The van der Waals surface area contributed by atoms with Crippen LogP contribution in [-0.4, -0.2) is 10.8 Å². The van der Waals surface area contributed by atoms with Gasteiger partial charge in [0.05, 0.1) is 5.56 Å². The highest BCUT2D eigenvalue weighted by atomic mass is 32.1. The maximum Gasteiger partial charge on any atom is 0.225 e. The van der Waals surface area contributed by atoms with Gasteiger partial charge in [-0.2, -0.15) is 0 Å². The first-order valence-electron chi connectivity index (χ1n) is 6.26. The van der Waals surface area contributed by atoms with E-state index in [4.69, 9.17) is 15.9 Å². The highest BCUT2D eigenvalue weighted by Gasteiger charge is 2.18. The Morgan fingerprint density at radius 2 is 2.37 bits per heavy atom. The predicted molar refractivity (Wildman–Crippen MR) is 75.9 cm³/mol. The van der Waals surface area contributed by atoms with Crippen LogP contribution < -0.4 is 10.5 Å². The minimum absolute atomic E-state index is 0.0170. The molecule has 0 bridgehead atoms. The average molecular weight is 273 g/mol. The molecule has 0 atom stereocenters. The fraction of sp³-hybridized carbons (Fsp3) is 0.286. The number of aryl methyl sites for hydroxylation is 2. The van der Waals surface area contributed by atoms with Crippen molar-refractivity contribution in [1.82, 2.24) is 4.98 Å². The largest absolute Gasteiger partial charge is 0.471 e. The van der Waals surface area contributed by atoms with Crippen LogP contribution in [0.3, 0.4) is 0 Å². The van der Waals surface area contributed by atoms with Gasteiger partial charge in [0.25, 0.3) is 0 Å². The number of pyridine rings is 1. The number of thiophene rings is 1. The van der Waals surface area contributed by atoms with E-state index in [-0.39, 0.29) is 5.84 Å². The molecule has 2 heterocycles. The summed E-state index contributed by atoms with van der Waals surface area (Å²) in [5.74, 6) is 0.505. The molecule has 0 saturated heterocycles. The van der Waals surface area contributed by atoms with Crippen molar-refractivity contribution in [2.24, 2.45) is 5.73 Å². The van der Waals surface area contributed by atoms with Gasteiger partial charge in [0, 0.05) is 10.6 Å². The topological polar surface area (TPSA) is 72.0 Å². The lowest BCUT2D eigenvalue weighted by Crippen LogP contribution is -2.15. The zero-order valence-corrected chi connectivity index (χ0v) is 11.3. The van der Waals surface area contributed by atoms with Gasteiger partial charge in [0.15, 0.2) is 0 Å². The molecule has 98 valence electrons. The van der Waals surface area contributed by atoms with Gasteiger partial charge in [-0.25, -0.2) is 4.98 Å². The van der Waals surface area contributed by atoms with Gasteiger partial charge in [0.1, 0.15) is 12.4 Å². The average Bonchev–Trinajstić information content (AvgIpc) is 3.05. The van der Waals surface area contributed by atoms with Crippen LogP contribution in [0.5, 0.6) is 5.88 Å². The van der Waals surface area contributed by atoms with E-state index >= 15 is 0 Å². The normalized spacial score (nSPS) is 13.3. The molecule has 1 aliphatic rings. The highest BCUT2D eigenvalue weighted by molar-refractivity contribution is 7.09. The van der Waals surface area contributed by atoms with Gasteiger partial charge in [-0.3, -0.25) is 5.41 Å². The zero-order chi connectivity index (χ0) is 13.2. The summed E-state index contributed by atoms with van der Waals surface area (Å²) < 4.78 is 5.75. The number of fused-ring (bicyclic) bond motifs is 1. The molecule has 5 heteroatoms. The van der Waals surface area contributed by atoms with E-state index in [1.54, 1.807) is 11.3 Å². The Labute approximate surface area is 115 Å². The third-order valence-electron chi connectivity index (χ3n) is 3.24. The van der Waals surface area contributed by atoms with E-state index in [0.29, 0.717) is 18.1 Å². The first-order valence-corrected chi connectivity index (χ1v) is 7.14. The van der Waals surface area contributed by atoms with Crippen LogP contribution in [0, 0.1) is 5.41 Å². The smallest absolute Gasteiger partial charge is 0.225 e. The van der Waals surface area contributed by atoms with Crippen molar-refractivity contribution < 1.29 is 4.74 Å². The van der Waals surface area contributed by atoms with E-state index in [1.165, 1.54) is 5.56 Å². The number of rotatable bonds is 4. The van der Waals surface area contributed by atoms with Crippen molar-refractivity contribution in [2.75, 3.05) is 0 Å². The number of aromatic nitrogens is 1. The second-order valence-electron chi connectivity index (χ2n) is 4.58. The Balaban J connectivity index is 1.88. The molecule has 0 amide bonds. The summed E-state index contributed by atoms with van der Waals surface area (Å²) >= 11 is 1.64. The number of ether oxygens (including phenoxy) is 1. The molecule has 0 aromatic carbocycles. The summed E-state index contributed by atoms with van der Waals surface area (Å²) in [6.07, 6.45) is 3.13. The van der Waals surface area contributed by atoms with Crippen LogP contribution in [0.1, 0.15) is 28.1 Å². The van der Waals surface area contributed by atoms with Crippen LogP contribution in [-0.2, 0) is 19.4 Å². The minimum atomic E-state index is 0.0170. The summed E-state index contributed by atoms with van der Waals surface area (Å²) in [6.45, 7) is 0.476. The molecule has 3 N–H and O–H groups in total. The Hall–Kier alpha value is -1.88. The van der Waals surface area contributed by atoms with Crippen molar-refractivity contribution in [3.63, 3.8) is 0 Å². The van der Waals surface area contributed by atoms with Gasteiger partial charge in [-0.05, 0) is 42.3 Å². The summed E-state index contributed by atoms with van der Waals surface area (Å²) in [5, 5.41) is 9.67. The van der Waals surface area contributed by atoms with Gasteiger partial charge in [0.2, 0.25) is 5.88 Å². The molecule has 0 fully saturated rings. The van der Waals surface area contributed by atoms with Gasteiger partial charge in [-0.1, -0.05) is 6.07 Å². The monoisotopic (exact) mass is 273 g/mol. The lowest BCUT2D eigenvalue weighted by molar-refractivity contribution is 0.296. The quantitative estimate of drug-likeness (QED) is 0.664. The molecule has 0 aliphatic heterocycles. The first kappa shape index (κ1) is 12.2. The molecule has 0 spiro atoms. The minimum Gasteiger partial charge on any atom is -0.471 e. The number of nitrogen functional groups attached to an aromatic ring is 1. The number of hydrogen-bond donors (Lipinski definition) is 2. The fourth-order valence-corrected chi connectivity index (χ4v) is 2.91. The Kier molecular flexibility index (Phi) is 3.21. The molecular weight excluding hydrogens is 258 g/mol. The fourth-order valence-electron chi connectivity index (χ4n) is 2.29. The SMILES string of the molecule is N=C(N)c1cc2c(nc1OCc1cccs1)CCC2. The zero-order valence-electron chi connectivity index (χ0n) is 10.5. The molecule has 0 unspecified atom stereocenters. The van der Waals surface area contributed by atoms with Crippen molar-refractivity contribution >= 4 is 17.2 Å². The van der Waals surface area contributed by atoms with Gasteiger partial charge in [-0.15, -0.1) is 11.3 Å². The number of amidine groups is 1. The first-order chi connectivity index (χ1) is 9.24.